The predicted octanol–water partition coefficient (Wildman–Crippen LogP) is 3.17. The van der Waals surface area contributed by atoms with Gasteiger partial charge in [-0.05, 0) is 43.7 Å². The SMILES string of the molecule is O=c1cc(OCCCCN2CCN(c3ccccn3)CC2)c2ccccc2o1. The third-order valence-corrected chi connectivity index (χ3v) is 5.08. The van der Waals surface area contributed by atoms with Gasteiger partial charge in [0.05, 0.1) is 18.1 Å². The normalized spacial score (nSPS) is 15.1. The molecule has 0 atom stereocenters. The van der Waals surface area contributed by atoms with Gasteiger partial charge in [-0.2, -0.15) is 0 Å². The molecule has 1 saturated heterocycles. The van der Waals surface area contributed by atoms with Gasteiger partial charge in [-0.15, -0.1) is 0 Å². The zero-order valence-electron chi connectivity index (χ0n) is 15.9. The zero-order valence-corrected chi connectivity index (χ0v) is 15.9. The van der Waals surface area contributed by atoms with Crippen molar-refractivity contribution in [2.75, 3.05) is 44.2 Å². The number of anilines is 1. The lowest BCUT2D eigenvalue weighted by atomic mass is 10.2. The van der Waals surface area contributed by atoms with E-state index in [0.717, 1.165) is 56.8 Å². The van der Waals surface area contributed by atoms with Crippen LogP contribution in [0.3, 0.4) is 0 Å². The molecule has 4 rings (SSSR count). The molecule has 0 unspecified atom stereocenters. The molecule has 2 aromatic heterocycles. The molecule has 0 bridgehead atoms. The number of benzene rings is 1. The number of pyridine rings is 1. The first-order valence-electron chi connectivity index (χ1n) is 9.84. The van der Waals surface area contributed by atoms with Crippen molar-refractivity contribution < 1.29 is 9.15 Å². The molecule has 146 valence electrons. The first kappa shape index (κ1) is 18.5. The van der Waals surface area contributed by atoms with Gasteiger partial charge in [0, 0.05) is 32.4 Å². The van der Waals surface area contributed by atoms with E-state index in [1.54, 1.807) is 6.07 Å². The number of aromatic nitrogens is 1. The van der Waals surface area contributed by atoms with E-state index in [9.17, 15) is 4.79 Å². The molecule has 6 nitrogen and oxygen atoms in total. The van der Waals surface area contributed by atoms with Gasteiger partial charge in [-0.3, -0.25) is 4.90 Å². The summed E-state index contributed by atoms with van der Waals surface area (Å²) >= 11 is 0. The largest absolute Gasteiger partial charge is 0.493 e. The Kier molecular flexibility index (Phi) is 5.87. The summed E-state index contributed by atoms with van der Waals surface area (Å²) in [5, 5.41) is 0.841. The number of hydrogen-bond acceptors (Lipinski definition) is 6. The molecule has 3 aromatic rings. The average Bonchev–Trinajstić information content (AvgIpc) is 2.74. The summed E-state index contributed by atoms with van der Waals surface area (Å²) in [5.74, 6) is 1.67. The second-order valence-corrected chi connectivity index (χ2v) is 7.00. The number of fused-ring (bicyclic) bond motifs is 1. The fraction of sp³-hybridized carbons (Fsp3) is 0.364. The fourth-order valence-corrected chi connectivity index (χ4v) is 3.56. The molecular weight excluding hydrogens is 354 g/mol. The molecule has 3 heterocycles. The predicted molar refractivity (Wildman–Crippen MR) is 110 cm³/mol. The monoisotopic (exact) mass is 379 g/mol. The van der Waals surface area contributed by atoms with E-state index < -0.39 is 0 Å². The minimum absolute atomic E-state index is 0.375. The second kappa shape index (κ2) is 8.89. The van der Waals surface area contributed by atoms with Gasteiger partial charge in [-0.25, -0.2) is 9.78 Å². The quantitative estimate of drug-likeness (QED) is 0.464. The Labute approximate surface area is 164 Å². The number of ether oxygens (including phenoxy) is 1. The fourth-order valence-electron chi connectivity index (χ4n) is 3.56. The van der Waals surface area contributed by atoms with Gasteiger partial charge < -0.3 is 14.1 Å². The molecule has 0 aliphatic carbocycles. The summed E-state index contributed by atoms with van der Waals surface area (Å²) < 4.78 is 11.1. The number of rotatable bonds is 7. The van der Waals surface area contributed by atoms with Crippen LogP contribution >= 0.6 is 0 Å². The number of nitrogens with zero attached hydrogens (tertiary/aromatic N) is 3. The van der Waals surface area contributed by atoms with Gasteiger partial charge in [0.15, 0.2) is 0 Å². The van der Waals surface area contributed by atoms with E-state index in [2.05, 4.69) is 20.9 Å². The third-order valence-electron chi connectivity index (χ3n) is 5.08. The lowest BCUT2D eigenvalue weighted by molar-refractivity contribution is 0.238. The van der Waals surface area contributed by atoms with Crippen LogP contribution in [0.1, 0.15) is 12.8 Å². The van der Waals surface area contributed by atoms with E-state index in [0.29, 0.717) is 17.9 Å². The smallest absolute Gasteiger partial charge is 0.339 e. The second-order valence-electron chi connectivity index (χ2n) is 7.00. The van der Waals surface area contributed by atoms with Crippen LogP contribution in [-0.4, -0.2) is 49.2 Å². The summed E-state index contributed by atoms with van der Waals surface area (Å²) in [6.07, 6.45) is 3.87. The Morgan fingerprint density at radius 3 is 2.64 bits per heavy atom. The highest BCUT2D eigenvalue weighted by atomic mass is 16.5. The molecule has 1 aromatic carbocycles. The number of unbranched alkanes of at least 4 members (excludes halogenated alkanes) is 1. The summed E-state index contributed by atoms with van der Waals surface area (Å²) in [6, 6.07) is 15.0. The first-order chi connectivity index (χ1) is 13.8. The van der Waals surface area contributed by atoms with Gasteiger partial charge in [0.2, 0.25) is 0 Å². The maximum atomic E-state index is 11.7. The maximum Gasteiger partial charge on any atom is 0.339 e. The van der Waals surface area contributed by atoms with Crippen LogP contribution < -0.4 is 15.3 Å². The Hall–Kier alpha value is -2.86. The van der Waals surface area contributed by atoms with E-state index in [1.165, 1.54) is 6.07 Å². The Balaban J connectivity index is 1.20. The van der Waals surface area contributed by atoms with Crippen LogP contribution in [0.15, 0.2) is 63.9 Å². The topological polar surface area (TPSA) is 58.8 Å². The molecule has 1 aliphatic heterocycles. The van der Waals surface area contributed by atoms with E-state index >= 15 is 0 Å². The third kappa shape index (κ3) is 4.51. The van der Waals surface area contributed by atoms with Crippen LogP contribution in [-0.2, 0) is 0 Å². The molecule has 1 fully saturated rings. The maximum absolute atomic E-state index is 11.7. The van der Waals surface area contributed by atoms with Crippen molar-refractivity contribution in [2.24, 2.45) is 0 Å². The summed E-state index contributed by atoms with van der Waals surface area (Å²) in [5.41, 5.74) is 0.190. The standard InChI is InChI=1S/C22H25N3O3/c26-22-17-20(18-7-1-2-8-19(18)28-22)27-16-6-5-11-24-12-14-25(15-13-24)21-9-3-4-10-23-21/h1-4,7-10,17H,5-6,11-16H2. The molecule has 0 spiro atoms. The van der Waals surface area contributed by atoms with E-state index in [1.807, 2.05) is 36.5 Å². The van der Waals surface area contributed by atoms with Crippen LogP contribution in [0.4, 0.5) is 5.82 Å². The minimum atomic E-state index is -0.375. The van der Waals surface area contributed by atoms with Gasteiger partial charge in [0.1, 0.15) is 17.2 Å². The highest BCUT2D eigenvalue weighted by molar-refractivity contribution is 5.82. The molecule has 6 heteroatoms. The van der Waals surface area contributed by atoms with Crippen LogP contribution in [0.2, 0.25) is 0 Å². The van der Waals surface area contributed by atoms with Crippen LogP contribution in [0.5, 0.6) is 5.75 Å². The summed E-state index contributed by atoms with van der Waals surface area (Å²) in [4.78, 5) is 20.9. The van der Waals surface area contributed by atoms with Crippen molar-refractivity contribution in [1.29, 1.82) is 0 Å². The first-order valence-corrected chi connectivity index (χ1v) is 9.84. The van der Waals surface area contributed by atoms with Crippen molar-refractivity contribution >= 4 is 16.8 Å². The lowest BCUT2D eigenvalue weighted by Crippen LogP contribution is -2.46. The number of para-hydroxylation sites is 1. The Bertz CT molecular complexity index is 950. The number of hydrogen-bond donors (Lipinski definition) is 0. The molecular formula is C22H25N3O3. The molecule has 28 heavy (non-hydrogen) atoms. The highest BCUT2D eigenvalue weighted by Crippen LogP contribution is 2.23. The van der Waals surface area contributed by atoms with Crippen molar-refractivity contribution in [3.05, 3.63) is 65.1 Å². The average molecular weight is 379 g/mol. The summed E-state index contributed by atoms with van der Waals surface area (Å²) in [7, 11) is 0. The Morgan fingerprint density at radius 1 is 1.00 bits per heavy atom. The van der Waals surface area contributed by atoms with Gasteiger partial charge in [-0.1, -0.05) is 18.2 Å². The van der Waals surface area contributed by atoms with E-state index in [4.69, 9.17) is 9.15 Å². The highest BCUT2D eigenvalue weighted by Gasteiger charge is 2.17. The van der Waals surface area contributed by atoms with Crippen molar-refractivity contribution in [1.82, 2.24) is 9.88 Å². The molecule has 0 radical (unpaired) electrons. The van der Waals surface area contributed by atoms with E-state index in [-0.39, 0.29) is 5.63 Å². The van der Waals surface area contributed by atoms with Crippen LogP contribution in [0, 0.1) is 0 Å². The molecule has 0 N–H and O–H groups in total. The Morgan fingerprint density at radius 2 is 1.82 bits per heavy atom. The number of piperazine rings is 1. The van der Waals surface area contributed by atoms with Crippen molar-refractivity contribution in [3.63, 3.8) is 0 Å². The van der Waals surface area contributed by atoms with Gasteiger partial charge >= 0.3 is 5.63 Å². The van der Waals surface area contributed by atoms with Crippen molar-refractivity contribution in [3.8, 4) is 5.75 Å². The van der Waals surface area contributed by atoms with Gasteiger partial charge in [0.25, 0.3) is 0 Å². The lowest BCUT2D eigenvalue weighted by Gasteiger charge is -2.35. The minimum Gasteiger partial charge on any atom is -0.493 e. The molecule has 1 aliphatic rings. The molecule has 0 saturated carbocycles. The zero-order chi connectivity index (χ0) is 19.2. The summed E-state index contributed by atoms with van der Waals surface area (Å²) in [6.45, 7) is 5.81. The van der Waals surface area contributed by atoms with Crippen molar-refractivity contribution in [2.45, 2.75) is 12.8 Å². The van der Waals surface area contributed by atoms with Crippen LogP contribution in [0.25, 0.3) is 11.0 Å². The molecule has 0 amide bonds.